The van der Waals surface area contributed by atoms with Gasteiger partial charge in [0.1, 0.15) is 0 Å². The van der Waals surface area contributed by atoms with E-state index in [0.717, 1.165) is 19.3 Å². The molecule has 1 saturated heterocycles. The molecule has 2 rings (SSSR count). The Morgan fingerprint density at radius 3 is 2.70 bits per heavy atom. The molecule has 1 fully saturated rings. The smallest absolute Gasteiger partial charge is 0.0395 e. The SMILES string of the molecule is CCC(C)(C(CCc1cccs1)NN)N1CCCCC1. The highest BCUT2D eigenvalue weighted by molar-refractivity contribution is 7.09. The number of thiophene rings is 1. The Bertz CT molecular complexity index is 373. The standard InChI is InChI=1S/C16H29N3S/c1-3-16(2,19-11-5-4-6-12-19)15(18-17)10-9-14-8-7-13-20-14/h7-8,13,15,18H,3-6,9-12,17H2,1-2H3. The summed E-state index contributed by atoms with van der Waals surface area (Å²) in [6.45, 7) is 7.13. The molecule has 1 aromatic rings. The van der Waals surface area contributed by atoms with E-state index in [-0.39, 0.29) is 5.54 Å². The predicted octanol–water partition coefficient (Wildman–Crippen LogP) is 3.17. The number of rotatable bonds is 7. The number of hydrazine groups is 1. The highest BCUT2D eigenvalue weighted by atomic mass is 32.1. The van der Waals surface area contributed by atoms with E-state index in [1.807, 2.05) is 11.3 Å². The quantitative estimate of drug-likeness (QED) is 0.600. The van der Waals surface area contributed by atoms with Crippen LogP contribution in [0, 0.1) is 0 Å². The van der Waals surface area contributed by atoms with E-state index in [0.29, 0.717) is 6.04 Å². The number of aryl methyl sites for hydroxylation is 1. The van der Waals surface area contributed by atoms with Gasteiger partial charge in [0.25, 0.3) is 0 Å². The summed E-state index contributed by atoms with van der Waals surface area (Å²) in [4.78, 5) is 4.12. The number of nitrogens with one attached hydrogen (secondary N) is 1. The zero-order valence-corrected chi connectivity index (χ0v) is 13.7. The van der Waals surface area contributed by atoms with Crippen molar-refractivity contribution in [2.75, 3.05) is 13.1 Å². The average Bonchev–Trinajstić information content (AvgIpc) is 3.01. The van der Waals surface area contributed by atoms with Crippen LogP contribution in [-0.2, 0) is 6.42 Å². The monoisotopic (exact) mass is 295 g/mol. The van der Waals surface area contributed by atoms with Crippen molar-refractivity contribution in [2.24, 2.45) is 5.84 Å². The van der Waals surface area contributed by atoms with Gasteiger partial charge in [0.2, 0.25) is 0 Å². The summed E-state index contributed by atoms with van der Waals surface area (Å²) in [6, 6.07) is 4.71. The Morgan fingerprint density at radius 2 is 2.15 bits per heavy atom. The zero-order chi connectivity index (χ0) is 14.4. The van der Waals surface area contributed by atoms with Crippen LogP contribution in [0.5, 0.6) is 0 Å². The third-order valence-electron chi connectivity index (χ3n) is 5.01. The van der Waals surface area contributed by atoms with Crippen LogP contribution in [0.1, 0.15) is 50.8 Å². The molecule has 3 nitrogen and oxygen atoms in total. The van der Waals surface area contributed by atoms with E-state index in [4.69, 9.17) is 5.84 Å². The topological polar surface area (TPSA) is 41.3 Å². The summed E-state index contributed by atoms with van der Waals surface area (Å²) in [5, 5.41) is 2.16. The van der Waals surface area contributed by atoms with Gasteiger partial charge in [-0.1, -0.05) is 19.4 Å². The second-order valence-corrected chi connectivity index (χ2v) is 7.13. The molecule has 0 amide bonds. The van der Waals surface area contributed by atoms with Crippen molar-refractivity contribution in [1.82, 2.24) is 10.3 Å². The van der Waals surface area contributed by atoms with Gasteiger partial charge in [0.05, 0.1) is 0 Å². The van der Waals surface area contributed by atoms with Gasteiger partial charge in [0.15, 0.2) is 0 Å². The molecular formula is C16H29N3S. The van der Waals surface area contributed by atoms with Gasteiger partial charge in [-0.3, -0.25) is 16.2 Å². The number of likely N-dealkylation sites (tertiary alicyclic amines) is 1. The lowest BCUT2D eigenvalue weighted by atomic mass is 9.83. The summed E-state index contributed by atoms with van der Waals surface area (Å²) >= 11 is 1.85. The Labute approximate surface area is 127 Å². The molecule has 0 aromatic carbocycles. The Hall–Kier alpha value is -0.420. The lowest BCUT2D eigenvalue weighted by Gasteiger charge is -2.48. The molecule has 0 radical (unpaired) electrons. The van der Waals surface area contributed by atoms with Gasteiger partial charge in [-0.25, -0.2) is 0 Å². The van der Waals surface area contributed by atoms with E-state index in [1.54, 1.807) is 0 Å². The summed E-state index contributed by atoms with van der Waals surface area (Å²) in [6.07, 6.45) is 7.42. The number of nitrogens with two attached hydrogens (primary N) is 1. The van der Waals surface area contributed by atoms with E-state index in [1.165, 1.54) is 37.2 Å². The fourth-order valence-corrected chi connectivity index (χ4v) is 4.14. The van der Waals surface area contributed by atoms with Gasteiger partial charge in [-0.05, 0) is 63.6 Å². The first kappa shape index (κ1) is 16.0. The van der Waals surface area contributed by atoms with Crippen LogP contribution in [0.2, 0.25) is 0 Å². The first-order valence-electron chi connectivity index (χ1n) is 7.94. The Kier molecular flexibility index (Phi) is 6.02. The normalized spacial score (nSPS) is 21.6. The van der Waals surface area contributed by atoms with E-state index < -0.39 is 0 Å². The van der Waals surface area contributed by atoms with Crippen LogP contribution in [-0.4, -0.2) is 29.6 Å². The van der Waals surface area contributed by atoms with Crippen LogP contribution < -0.4 is 11.3 Å². The lowest BCUT2D eigenvalue weighted by Crippen LogP contribution is -2.62. The van der Waals surface area contributed by atoms with Crippen molar-refractivity contribution in [1.29, 1.82) is 0 Å². The first-order valence-corrected chi connectivity index (χ1v) is 8.82. The van der Waals surface area contributed by atoms with Gasteiger partial charge in [-0.2, -0.15) is 0 Å². The van der Waals surface area contributed by atoms with Crippen molar-refractivity contribution in [3.05, 3.63) is 22.4 Å². The van der Waals surface area contributed by atoms with Crippen LogP contribution in [0.4, 0.5) is 0 Å². The molecule has 2 atom stereocenters. The number of hydrogen-bond acceptors (Lipinski definition) is 4. The molecule has 4 heteroatoms. The van der Waals surface area contributed by atoms with Crippen molar-refractivity contribution in [3.8, 4) is 0 Å². The van der Waals surface area contributed by atoms with Crippen molar-refractivity contribution in [3.63, 3.8) is 0 Å². The van der Waals surface area contributed by atoms with Gasteiger partial charge in [0, 0.05) is 16.5 Å². The number of hydrogen-bond donors (Lipinski definition) is 2. The molecule has 1 aromatic heterocycles. The second kappa shape index (κ2) is 7.55. The zero-order valence-electron chi connectivity index (χ0n) is 12.9. The fraction of sp³-hybridized carbons (Fsp3) is 0.750. The van der Waals surface area contributed by atoms with Crippen LogP contribution in [0.15, 0.2) is 17.5 Å². The van der Waals surface area contributed by atoms with E-state index >= 15 is 0 Å². The molecule has 0 bridgehead atoms. The van der Waals surface area contributed by atoms with Gasteiger partial charge >= 0.3 is 0 Å². The molecule has 2 unspecified atom stereocenters. The summed E-state index contributed by atoms with van der Waals surface area (Å²) in [5.41, 5.74) is 3.29. The summed E-state index contributed by atoms with van der Waals surface area (Å²) in [7, 11) is 0. The van der Waals surface area contributed by atoms with Crippen molar-refractivity contribution >= 4 is 11.3 Å². The van der Waals surface area contributed by atoms with E-state index in [9.17, 15) is 0 Å². The van der Waals surface area contributed by atoms with Crippen LogP contribution >= 0.6 is 11.3 Å². The summed E-state index contributed by atoms with van der Waals surface area (Å²) in [5.74, 6) is 5.91. The van der Waals surface area contributed by atoms with Crippen molar-refractivity contribution < 1.29 is 0 Å². The largest absolute Gasteiger partial charge is 0.296 e. The number of nitrogens with zero attached hydrogens (tertiary/aromatic N) is 1. The van der Waals surface area contributed by atoms with Crippen LogP contribution in [0.25, 0.3) is 0 Å². The molecule has 3 N–H and O–H groups in total. The average molecular weight is 295 g/mol. The summed E-state index contributed by atoms with van der Waals surface area (Å²) < 4.78 is 0. The van der Waals surface area contributed by atoms with Crippen molar-refractivity contribution in [2.45, 2.75) is 64.0 Å². The van der Waals surface area contributed by atoms with Gasteiger partial charge in [-0.15, -0.1) is 11.3 Å². The minimum absolute atomic E-state index is 0.173. The van der Waals surface area contributed by atoms with Crippen LogP contribution in [0.3, 0.4) is 0 Å². The third kappa shape index (κ3) is 3.61. The maximum atomic E-state index is 5.91. The second-order valence-electron chi connectivity index (χ2n) is 6.10. The molecule has 1 aliphatic rings. The highest BCUT2D eigenvalue weighted by Crippen LogP contribution is 2.29. The maximum absolute atomic E-state index is 5.91. The lowest BCUT2D eigenvalue weighted by molar-refractivity contribution is 0.0403. The highest BCUT2D eigenvalue weighted by Gasteiger charge is 2.37. The van der Waals surface area contributed by atoms with E-state index in [2.05, 4.69) is 41.7 Å². The van der Waals surface area contributed by atoms with Gasteiger partial charge < -0.3 is 0 Å². The molecule has 20 heavy (non-hydrogen) atoms. The molecule has 0 saturated carbocycles. The Morgan fingerprint density at radius 1 is 1.40 bits per heavy atom. The number of piperidine rings is 1. The molecule has 0 spiro atoms. The molecule has 114 valence electrons. The molecule has 2 heterocycles. The fourth-order valence-electron chi connectivity index (χ4n) is 3.41. The minimum atomic E-state index is 0.173. The third-order valence-corrected chi connectivity index (χ3v) is 5.94. The predicted molar refractivity (Wildman–Crippen MR) is 87.9 cm³/mol. The minimum Gasteiger partial charge on any atom is -0.296 e. The first-order chi connectivity index (χ1) is 9.70. The molecule has 0 aliphatic carbocycles. The Balaban J connectivity index is 2.01. The maximum Gasteiger partial charge on any atom is 0.0395 e. The molecule has 1 aliphatic heterocycles. The molecular weight excluding hydrogens is 266 g/mol.